The molecule has 4 aromatic heterocycles. The smallest absolute Gasteiger partial charge is 0.164 e. The molecule has 0 unspecified atom stereocenters. The minimum Gasteiger partial charge on any atom is -0.255 e. The van der Waals surface area contributed by atoms with Crippen molar-refractivity contribution in [1.82, 2.24) is 29.9 Å². The highest BCUT2D eigenvalue weighted by Crippen LogP contribution is 2.33. The lowest BCUT2D eigenvalue weighted by Gasteiger charge is -2.12. The average molecular weight is 693 g/mol. The minimum absolute atomic E-state index is 0.609. The molecule has 6 heteroatoms. The van der Waals surface area contributed by atoms with Gasteiger partial charge in [-0.25, -0.2) is 19.9 Å². The predicted molar refractivity (Wildman–Crippen MR) is 217 cm³/mol. The van der Waals surface area contributed by atoms with Crippen molar-refractivity contribution in [3.8, 4) is 90.3 Å². The lowest BCUT2D eigenvalue weighted by molar-refractivity contribution is 1.07. The quantitative estimate of drug-likeness (QED) is 0.158. The second-order valence-electron chi connectivity index (χ2n) is 12.8. The van der Waals surface area contributed by atoms with Gasteiger partial charge in [-0.15, -0.1) is 0 Å². The molecule has 0 aliphatic heterocycles. The van der Waals surface area contributed by atoms with Gasteiger partial charge < -0.3 is 0 Å². The Morgan fingerprint density at radius 3 is 1.15 bits per heavy atom. The SMILES string of the molecule is c1ccc(-c2ccc(-c3nc(-c4ccccc4)nc(-c4cccc(-c5cccc(-c6cc(-c7ccccn7)nc(-c7ccccn7)c6)c5)c4)n3)cc2)cc1. The molecule has 4 heterocycles. The van der Waals surface area contributed by atoms with E-state index in [2.05, 4.69) is 119 Å². The summed E-state index contributed by atoms with van der Waals surface area (Å²) in [6.45, 7) is 0. The van der Waals surface area contributed by atoms with E-state index >= 15 is 0 Å². The van der Waals surface area contributed by atoms with Gasteiger partial charge in [0.25, 0.3) is 0 Å². The summed E-state index contributed by atoms with van der Waals surface area (Å²) in [6.07, 6.45) is 3.58. The van der Waals surface area contributed by atoms with Crippen LogP contribution in [-0.4, -0.2) is 29.9 Å². The highest BCUT2D eigenvalue weighted by Gasteiger charge is 2.15. The molecule has 0 saturated heterocycles. The molecule has 54 heavy (non-hydrogen) atoms. The Kier molecular flexibility index (Phi) is 8.81. The van der Waals surface area contributed by atoms with Crippen LogP contribution in [0.1, 0.15) is 0 Å². The van der Waals surface area contributed by atoms with Crippen molar-refractivity contribution in [3.05, 3.63) is 194 Å². The maximum Gasteiger partial charge on any atom is 0.164 e. The summed E-state index contributed by atoms with van der Waals surface area (Å²) >= 11 is 0. The van der Waals surface area contributed by atoms with Gasteiger partial charge in [0.15, 0.2) is 17.5 Å². The molecule has 0 amide bonds. The van der Waals surface area contributed by atoms with Crippen LogP contribution in [0.5, 0.6) is 0 Å². The normalized spacial score (nSPS) is 11.0. The van der Waals surface area contributed by atoms with E-state index in [-0.39, 0.29) is 0 Å². The Labute approximate surface area is 313 Å². The van der Waals surface area contributed by atoms with Crippen molar-refractivity contribution in [2.45, 2.75) is 0 Å². The molecular weight excluding hydrogens is 661 g/mol. The molecule has 0 aliphatic rings. The van der Waals surface area contributed by atoms with Crippen LogP contribution in [0.25, 0.3) is 90.3 Å². The van der Waals surface area contributed by atoms with E-state index in [4.69, 9.17) is 19.9 Å². The van der Waals surface area contributed by atoms with Gasteiger partial charge in [-0.2, -0.15) is 0 Å². The van der Waals surface area contributed by atoms with E-state index in [1.807, 2.05) is 72.8 Å². The van der Waals surface area contributed by atoms with Crippen LogP contribution in [-0.2, 0) is 0 Å². The van der Waals surface area contributed by atoms with Crippen molar-refractivity contribution < 1.29 is 0 Å². The molecular formula is C48H32N6. The number of hydrogen-bond donors (Lipinski definition) is 0. The largest absolute Gasteiger partial charge is 0.255 e. The average Bonchev–Trinajstić information content (AvgIpc) is 3.27. The van der Waals surface area contributed by atoms with Crippen molar-refractivity contribution >= 4 is 0 Å². The monoisotopic (exact) mass is 692 g/mol. The summed E-state index contributed by atoms with van der Waals surface area (Å²) in [6, 6.07) is 61.7. The molecule has 0 saturated carbocycles. The first-order chi connectivity index (χ1) is 26.7. The maximum absolute atomic E-state index is 5.04. The molecule has 6 nitrogen and oxygen atoms in total. The van der Waals surface area contributed by atoms with Gasteiger partial charge in [-0.05, 0) is 81.9 Å². The summed E-state index contributed by atoms with van der Waals surface area (Å²) in [5, 5.41) is 0. The first-order valence-corrected chi connectivity index (χ1v) is 17.8. The van der Waals surface area contributed by atoms with E-state index in [9.17, 15) is 0 Å². The second-order valence-corrected chi connectivity index (χ2v) is 12.8. The maximum atomic E-state index is 5.04. The number of rotatable bonds is 8. The first kappa shape index (κ1) is 32.5. The predicted octanol–water partition coefficient (Wildman–Crippen LogP) is 11.4. The number of pyridine rings is 3. The highest BCUT2D eigenvalue weighted by molar-refractivity contribution is 5.80. The van der Waals surface area contributed by atoms with E-state index in [1.54, 1.807) is 12.4 Å². The Bertz CT molecular complexity index is 2630. The van der Waals surface area contributed by atoms with Crippen LogP contribution in [0.4, 0.5) is 0 Å². The molecule has 0 spiro atoms. The molecule has 9 aromatic rings. The van der Waals surface area contributed by atoms with Gasteiger partial charge in [0, 0.05) is 29.1 Å². The Hall–Kier alpha value is -7.44. The van der Waals surface area contributed by atoms with Crippen molar-refractivity contribution in [2.24, 2.45) is 0 Å². The third-order valence-corrected chi connectivity index (χ3v) is 9.25. The zero-order valence-electron chi connectivity index (χ0n) is 29.2. The summed E-state index contributed by atoms with van der Waals surface area (Å²) in [5.41, 5.74) is 12.4. The van der Waals surface area contributed by atoms with Crippen LogP contribution in [0.2, 0.25) is 0 Å². The lowest BCUT2D eigenvalue weighted by atomic mass is 9.97. The number of hydrogen-bond acceptors (Lipinski definition) is 6. The summed E-state index contributed by atoms with van der Waals surface area (Å²) < 4.78 is 0. The van der Waals surface area contributed by atoms with E-state index in [1.165, 1.54) is 0 Å². The number of benzene rings is 5. The third-order valence-electron chi connectivity index (χ3n) is 9.25. The molecule has 0 atom stereocenters. The summed E-state index contributed by atoms with van der Waals surface area (Å²) in [7, 11) is 0. The number of nitrogens with zero attached hydrogens (tertiary/aromatic N) is 6. The van der Waals surface area contributed by atoms with Crippen LogP contribution in [0, 0.1) is 0 Å². The van der Waals surface area contributed by atoms with E-state index < -0.39 is 0 Å². The molecule has 9 rings (SSSR count). The van der Waals surface area contributed by atoms with Gasteiger partial charge in [0.05, 0.1) is 22.8 Å². The molecule has 0 bridgehead atoms. The van der Waals surface area contributed by atoms with Gasteiger partial charge >= 0.3 is 0 Å². The van der Waals surface area contributed by atoms with Gasteiger partial charge in [-0.3, -0.25) is 9.97 Å². The van der Waals surface area contributed by atoms with E-state index in [0.717, 1.165) is 72.8 Å². The van der Waals surface area contributed by atoms with Crippen molar-refractivity contribution in [3.63, 3.8) is 0 Å². The topological polar surface area (TPSA) is 77.3 Å². The van der Waals surface area contributed by atoms with Crippen LogP contribution >= 0.6 is 0 Å². The highest BCUT2D eigenvalue weighted by atomic mass is 15.0. The molecule has 254 valence electrons. The molecule has 0 radical (unpaired) electrons. The van der Waals surface area contributed by atoms with Gasteiger partial charge in [0.1, 0.15) is 0 Å². The molecule has 0 fully saturated rings. The molecule has 0 aliphatic carbocycles. The molecule has 5 aromatic carbocycles. The fourth-order valence-electron chi connectivity index (χ4n) is 6.50. The van der Waals surface area contributed by atoms with Gasteiger partial charge in [0.2, 0.25) is 0 Å². The minimum atomic E-state index is 0.609. The van der Waals surface area contributed by atoms with E-state index in [0.29, 0.717) is 17.5 Å². The van der Waals surface area contributed by atoms with Crippen LogP contribution < -0.4 is 0 Å². The van der Waals surface area contributed by atoms with Crippen LogP contribution in [0.15, 0.2) is 194 Å². The summed E-state index contributed by atoms with van der Waals surface area (Å²) in [4.78, 5) is 29.1. The second kappa shape index (κ2) is 14.7. The Balaban J connectivity index is 1.10. The third kappa shape index (κ3) is 6.92. The van der Waals surface area contributed by atoms with Crippen LogP contribution in [0.3, 0.4) is 0 Å². The van der Waals surface area contributed by atoms with Crippen molar-refractivity contribution in [2.75, 3.05) is 0 Å². The lowest BCUT2D eigenvalue weighted by Crippen LogP contribution is -2.00. The standard InChI is InChI=1S/C48H32N6/c1-3-13-33(14-4-1)34-23-25-36(26-24-34)47-52-46(35-15-5-2-6-16-35)53-48(54-47)40-20-12-18-38(30-40)37-17-11-19-39(29-37)41-31-44(42-21-7-9-27-49-42)51-45(32-41)43-22-8-10-28-50-43/h1-32H. The zero-order chi connectivity index (χ0) is 36.1. The Morgan fingerprint density at radius 2 is 0.611 bits per heavy atom. The van der Waals surface area contributed by atoms with Gasteiger partial charge in [-0.1, -0.05) is 133 Å². The Morgan fingerprint density at radius 1 is 0.222 bits per heavy atom. The summed E-state index contributed by atoms with van der Waals surface area (Å²) in [5.74, 6) is 1.86. The first-order valence-electron chi connectivity index (χ1n) is 17.8. The van der Waals surface area contributed by atoms with Crippen molar-refractivity contribution in [1.29, 1.82) is 0 Å². The zero-order valence-corrected chi connectivity index (χ0v) is 29.2. The number of aromatic nitrogens is 6. The molecule has 0 N–H and O–H groups in total. The fraction of sp³-hybridized carbons (Fsp3) is 0. The fourth-order valence-corrected chi connectivity index (χ4v) is 6.50.